The van der Waals surface area contributed by atoms with E-state index in [2.05, 4.69) is 22.5 Å². The lowest BCUT2D eigenvalue weighted by molar-refractivity contribution is -0.118. The van der Waals surface area contributed by atoms with Crippen molar-refractivity contribution in [3.05, 3.63) is 0 Å². The van der Waals surface area contributed by atoms with E-state index in [1.807, 2.05) is 0 Å². The van der Waals surface area contributed by atoms with Gasteiger partial charge in [-0.15, -0.1) is 0 Å². The lowest BCUT2D eigenvalue weighted by atomic mass is 10.2. The Kier molecular flexibility index (Phi) is 3.82. The first kappa shape index (κ1) is 11.9. The summed E-state index contributed by atoms with van der Waals surface area (Å²) in [6, 6.07) is 2.22. The normalized spacial score (nSPS) is 30.6. The first-order valence-electron chi connectivity index (χ1n) is 6.40. The third-order valence-electron chi connectivity index (χ3n) is 3.57. The van der Waals surface area contributed by atoms with Crippen LogP contribution in [0, 0.1) is 0 Å². The zero-order valence-electron chi connectivity index (χ0n) is 10.3. The molecule has 2 rings (SSSR count). The second-order valence-electron chi connectivity index (χ2n) is 5.15. The Morgan fingerprint density at radius 2 is 2.12 bits per heavy atom. The smallest absolute Gasteiger partial charge is 0.216 e. The molecule has 1 aliphatic heterocycles. The Hall–Kier alpha value is -0.610. The van der Waals surface area contributed by atoms with Crippen LogP contribution < -0.4 is 10.6 Å². The molecule has 0 aromatic carbocycles. The molecular weight excluding hydrogens is 202 g/mol. The van der Waals surface area contributed by atoms with E-state index in [9.17, 15) is 4.79 Å². The standard InChI is InChI=1S/C12H23N3O/c1-9-7-11(8-15(9)12-3-4-12)14-6-5-13-10(2)16/h9,11-12,14H,3-8H2,1-2H3,(H,13,16). The number of amides is 1. The molecule has 16 heavy (non-hydrogen) atoms. The Morgan fingerprint density at radius 1 is 1.38 bits per heavy atom. The molecule has 0 radical (unpaired) electrons. The first-order valence-corrected chi connectivity index (χ1v) is 6.40. The van der Waals surface area contributed by atoms with Gasteiger partial charge in [-0.05, 0) is 26.2 Å². The first-order chi connectivity index (χ1) is 7.66. The highest BCUT2D eigenvalue weighted by atomic mass is 16.1. The molecule has 0 aromatic heterocycles. The van der Waals surface area contributed by atoms with E-state index in [0.717, 1.165) is 25.2 Å². The molecule has 0 bridgehead atoms. The molecule has 4 nitrogen and oxygen atoms in total. The fourth-order valence-electron chi connectivity index (χ4n) is 2.63. The number of hydrogen-bond donors (Lipinski definition) is 2. The Morgan fingerprint density at radius 3 is 2.75 bits per heavy atom. The lowest BCUT2D eigenvalue weighted by Crippen LogP contribution is -2.38. The Bertz CT molecular complexity index is 253. The van der Waals surface area contributed by atoms with Crippen LogP contribution in [0.15, 0.2) is 0 Å². The van der Waals surface area contributed by atoms with Crippen LogP contribution in [0.2, 0.25) is 0 Å². The van der Waals surface area contributed by atoms with Gasteiger partial charge >= 0.3 is 0 Å². The number of carbonyl (C=O) groups excluding carboxylic acids is 1. The topological polar surface area (TPSA) is 44.4 Å². The summed E-state index contributed by atoms with van der Waals surface area (Å²) in [4.78, 5) is 13.3. The highest BCUT2D eigenvalue weighted by Gasteiger charge is 2.38. The Balaban J connectivity index is 1.62. The summed E-state index contributed by atoms with van der Waals surface area (Å²) in [5.74, 6) is 0.0567. The number of carbonyl (C=O) groups is 1. The number of rotatable bonds is 5. The molecule has 4 heteroatoms. The van der Waals surface area contributed by atoms with Gasteiger partial charge in [-0.1, -0.05) is 0 Å². The van der Waals surface area contributed by atoms with Crippen LogP contribution in [-0.4, -0.2) is 48.6 Å². The van der Waals surface area contributed by atoms with Crippen molar-refractivity contribution in [1.29, 1.82) is 0 Å². The van der Waals surface area contributed by atoms with E-state index in [4.69, 9.17) is 0 Å². The summed E-state index contributed by atoms with van der Waals surface area (Å²) in [5.41, 5.74) is 0. The summed E-state index contributed by atoms with van der Waals surface area (Å²) in [5, 5.41) is 6.34. The highest BCUT2D eigenvalue weighted by molar-refractivity contribution is 5.72. The number of likely N-dealkylation sites (tertiary alicyclic amines) is 1. The molecular formula is C12H23N3O. The van der Waals surface area contributed by atoms with Crippen LogP contribution in [0.5, 0.6) is 0 Å². The molecule has 2 aliphatic rings. The monoisotopic (exact) mass is 225 g/mol. The van der Waals surface area contributed by atoms with Crippen molar-refractivity contribution < 1.29 is 4.79 Å². The number of nitrogens with zero attached hydrogens (tertiary/aromatic N) is 1. The van der Waals surface area contributed by atoms with Crippen LogP contribution in [0.4, 0.5) is 0 Å². The third-order valence-corrected chi connectivity index (χ3v) is 3.57. The van der Waals surface area contributed by atoms with Crippen LogP contribution in [0.1, 0.15) is 33.1 Å². The maximum Gasteiger partial charge on any atom is 0.216 e. The second-order valence-corrected chi connectivity index (χ2v) is 5.15. The molecule has 2 N–H and O–H groups in total. The zero-order valence-corrected chi connectivity index (χ0v) is 10.3. The summed E-state index contributed by atoms with van der Waals surface area (Å²) < 4.78 is 0. The predicted molar refractivity (Wildman–Crippen MR) is 64.3 cm³/mol. The van der Waals surface area contributed by atoms with Gasteiger partial charge in [-0.2, -0.15) is 0 Å². The summed E-state index contributed by atoms with van der Waals surface area (Å²) in [6.07, 6.45) is 4.03. The minimum absolute atomic E-state index is 0.0567. The van der Waals surface area contributed by atoms with Gasteiger partial charge < -0.3 is 10.6 Å². The highest BCUT2D eigenvalue weighted by Crippen LogP contribution is 2.33. The van der Waals surface area contributed by atoms with Crippen molar-refractivity contribution in [2.24, 2.45) is 0 Å². The fourth-order valence-corrected chi connectivity index (χ4v) is 2.63. The second kappa shape index (κ2) is 5.15. The van der Waals surface area contributed by atoms with Gasteiger partial charge in [0, 0.05) is 44.7 Å². The number of nitrogens with one attached hydrogen (secondary N) is 2. The van der Waals surface area contributed by atoms with E-state index < -0.39 is 0 Å². The van der Waals surface area contributed by atoms with Gasteiger partial charge in [-0.25, -0.2) is 0 Å². The van der Waals surface area contributed by atoms with Crippen molar-refractivity contribution in [3.8, 4) is 0 Å². The molecule has 1 saturated heterocycles. The molecule has 2 fully saturated rings. The van der Waals surface area contributed by atoms with Crippen molar-refractivity contribution in [1.82, 2.24) is 15.5 Å². The summed E-state index contributed by atoms with van der Waals surface area (Å²) in [6.45, 7) is 6.70. The van der Waals surface area contributed by atoms with E-state index in [1.165, 1.54) is 25.8 Å². The van der Waals surface area contributed by atoms with Gasteiger partial charge in [-0.3, -0.25) is 9.69 Å². The van der Waals surface area contributed by atoms with E-state index in [-0.39, 0.29) is 5.91 Å². The van der Waals surface area contributed by atoms with Crippen molar-refractivity contribution >= 4 is 5.91 Å². The van der Waals surface area contributed by atoms with Crippen molar-refractivity contribution in [2.45, 2.75) is 51.2 Å². The maximum atomic E-state index is 10.7. The largest absolute Gasteiger partial charge is 0.355 e. The van der Waals surface area contributed by atoms with Crippen LogP contribution in [-0.2, 0) is 4.79 Å². The molecule has 1 amide bonds. The molecule has 1 aliphatic carbocycles. The summed E-state index contributed by atoms with van der Waals surface area (Å²) >= 11 is 0. The van der Waals surface area contributed by atoms with Gasteiger partial charge in [0.2, 0.25) is 5.91 Å². The van der Waals surface area contributed by atoms with Crippen LogP contribution in [0.3, 0.4) is 0 Å². The van der Waals surface area contributed by atoms with Crippen molar-refractivity contribution in [2.75, 3.05) is 19.6 Å². The van der Waals surface area contributed by atoms with E-state index in [1.54, 1.807) is 6.92 Å². The molecule has 2 atom stereocenters. The third kappa shape index (κ3) is 3.19. The molecule has 0 aromatic rings. The molecule has 92 valence electrons. The average molecular weight is 225 g/mol. The lowest BCUT2D eigenvalue weighted by Gasteiger charge is -2.19. The SMILES string of the molecule is CC(=O)NCCNC1CC(C)N(C2CC2)C1. The summed E-state index contributed by atoms with van der Waals surface area (Å²) in [7, 11) is 0. The van der Waals surface area contributed by atoms with E-state index in [0.29, 0.717) is 6.04 Å². The minimum atomic E-state index is 0.0567. The van der Waals surface area contributed by atoms with Gasteiger partial charge in [0.25, 0.3) is 0 Å². The van der Waals surface area contributed by atoms with Crippen LogP contribution in [0.25, 0.3) is 0 Å². The van der Waals surface area contributed by atoms with Gasteiger partial charge in [0.1, 0.15) is 0 Å². The Labute approximate surface area is 97.8 Å². The quantitative estimate of drug-likeness (QED) is 0.663. The zero-order chi connectivity index (χ0) is 11.5. The van der Waals surface area contributed by atoms with Gasteiger partial charge in [0.15, 0.2) is 0 Å². The molecule has 2 unspecified atom stereocenters. The van der Waals surface area contributed by atoms with Crippen LogP contribution >= 0.6 is 0 Å². The van der Waals surface area contributed by atoms with E-state index >= 15 is 0 Å². The van der Waals surface area contributed by atoms with Gasteiger partial charge in [0.05, 0.1) is 0 Å². The van der Waals surface area contributed by atoms with Crippen molar-refractivity contribution in [3.63, 3.8) is 0 Å². The average Bonchev–Trinajstić information content (AvgIpc) is 2.98. The maximum absolute atomic E-state index is 10.7. The number of hydrogen-bond acceptors (Lipinski definition) is 3. The predicted octanol–water partition coefficient (Wildman–Crippen LogP) is 0.337. The minimum Gasteiger partial charge on any atom is -0.355 e. The molecule has 0 spiro atoms. The molecule has 1 heterocycles. The fraction of sp³-hybridized carbons (Fsp3) is 0.917. The molecule has 1 saturated carbocycles.